The zero-order chi connectivity index (χ0) is 23.2. The van der Waals surface area contributed by atoms with Gasteiger partial charge >= 0.3 is 6.03 Å². The minimum atomic E-state index is -0.301. The van der Waals surface area contributed by atoms with Crippen molar-refractivity contribution in [2.75, 3.05) is 30.8 Å². The van der Waals surface area contributed by atoms with Crippen LogP contribution in [0.15, 0.2) is 48.5 Å². The number of carbonyl (C=O) groups is 2. The van der Waals surface area contributed by atoms with Crippen molar-refractivity contribution >= 4 is 34.6 Å². The molecule has 0 unspecified atom stereocenters. The van der Waals surface area contributed by atoms with Crippen LogP contribution >= 0.6 is 11.3 Å². The van der Waals surface area contributed by atoms with Crippen molar-refractivity contribution in [1.82, 2.24) is 15.1 Å². The van der Waals surface area contributed by atoms with Gasteiger partial charge < -0.3 is 20.3 Å². The number of aryl methyl sites for hydroxylation is 1. The van der Waals surface area contributed by atoms with Crippen LogP contribution in [0.25, 0.3) is 0 Å². The number of methoxy groups -OCH3 is 1. The van der Waals surface area contributed by atoms with E-state index < -0.39 is 0 Å². The molecule has 33 heavy (non-hydrogen) atoms. The number of nitrogens with zero attached hydrogens (tertiary/aromatic N) is 3. The zero-order valence-corrected chi connectivity index (χ0v) is 19.5. The zero-order valence-electron chi connectivity index (χ0n) is 18.7. The number of carbonyl (C=O) groups excluding carboxylic acids is 2. The van der Waals surface area contributed by atoms with Gasteiger partial charge in [0.05, 0.1) is 7.11 Å². The minimum absolute atomic E-state index is 0.0620. The molecule has 172 valence electrons. The number of aromatic nitrogens is 2. The van der Waals surface area contributed by atoms with Crippen LogP contribution < -0.4 is 15.4 Å². The van der Waals surface area contributed by atoms with Gasteiger partial charge in [0.25, 0.3) is 5.91 Å². The van der Waals surface area contributed by atoms with Crippen LogP contribution in [0.3, 0.4) is 0 Å². The monoisotopic (exact) mass is 465 g/mol. The maximum atomic E-state index is 12.8. The summed E-state index contributed by atoms with van der Waals surface area (Å²) in [7, 11) is 1.59. The Morgan fingerprint density at radius 3 is 2.45 bits per heavy atom. The lowest BCUT2D eigenvalue weighted by molar-refractivity contribution is 0.102. The fraction of sp³-hybridized carbons (Fsp3) is 0.333. The largest absolute Gasteiger partial charge is 0.497 e. The second-order valence-electron chi connectivity index (χ2n) is 7.89. The van der Waals surface area contributed by atoms with Crippen molar-refractivity contribution in [1.29, 1.82) is 0 Å². The first-order chi connectivity index (χ1) is 16.1. The Morgan fingerprint density at radius 1 is 1.06 bits per heavy atom. The smallest absolute Gasteiger partial charge is 0.321 e. The van der Waals surface area contributed by atoms with Crippen molar-refractivity contribution in [3.8, 4) is 5.75 Å². The lowest BCUT2D eigenvalue weighted by atomic mass is 9.99. The normalized spacial score (nSPS) is 15.7. The summed E-state index contributed by atoms with van der Waals surface area (Å²) in [6, 6.07) is 14.9. The molecule has 1 aliphatic rings. The first-order valence-electron chi connectivity index (χ1n) is 11.0. The molecule has 8 nitrogen and oxygen atoms in total. The fourth-order valence-electron chi connectivity index (χ4n) is 3.74. The number of likely N-dealkylation sites (tertiary alicyclic amines) is 1. The molecule has 1 saturated heterocycles. The van der Waals surface area contributed by atoms with E-state index in [9.17, 15) is 9.59 Å². The summed E-state index contributed by atoms with van der Waals surface area (Å²) >= 11 is 1.28. The number of anilines is 2. The molecule has 0 bridgehead atoms. The molecule has 1 fully saturated rings. The van der Waals surface area contributed by atoms with E-state index in [1.54, 1.807) is 36.3 Å². The third-order valence-corrected chi connectivity index (χ3v) is 6.74. The molecule has 0 spiro atoms. The Kier molecular flexibility index (Phi) is 7.19. The molecular formula is C24H27N5O3S. The van der Waals surface area contributed by atoms with Gasteiger partial charge in [-0.2, -0.15) is 0 Å². The summed E-state index contributed by atoms with van der Waals surface area (Å²) in [6.45, 7) is 3.34. The summed E-state index contributed by atoms with van der Waals surface area (Å²) in [4.78, 5) is 27.2. The third-order valence-electron chi connectivity index (χ3n) is 5.65. The second kappa shape index (κ2) is 10.4. The van der Waals surface area contributed by atoms with Crippen LogP contribution in [0.5, 0.6) is 5.75 Å². The fourth-order valence-corrected chi connectivity index (χ4v) is 4.60. The Morgan fingerprint density at radius 2 is 1.76 bits per heavy atom. The van der Waals surface area contributed by atoms with E-state index in [0.29, 0.717) is 23.8 Å². The number of piperidine rings is 1. The van der Waals surface area contributed by atoms with E-state index >= 15 is 0 Å². The molecule has 1 aliphatic heterocycles. The van der Waals surface area contributed by atoms with Gasteiger partial charge in [-0.25, -0.2) is 4.79 Å². The van der Waals surface area contributed by atoms with Crippen LogP contribution in [-0.4, -0.2) is 47.2 Å². The molecule has 4 rings (SSSR count). The van der Waals surface area contributed by atoms with Crippen LogP contribution in [-0.2, 0) is 6.42 Å². The van der Waals surface area contributed by atoms with Crippen molar-refractivity contribution in [2.45, 2.75) is 32.1 Å². The van der Waals surface area contributed by atoms with Crippen molar-refractivity contribution in [3.63, 3.8) is 0 Å². The molecule has 2 aromatic carbocycles. The maximum absolute atomic E-state index is 12.8. The number of ether oxygens (including phenoxy) is 1. The molecule has 3 amide bonds. The highest BCUT2D eigenvalue weighted by molar-refractivity contribution is 7.13. The number of amides is 3. The van der Waals surface area contributed by atoms with Gasteiger partial charge in [0, 0.05) is 30.4 Å². The topological polar surface area (TPSA) is 96.5 Å². The van der Waals surface area contributed by atoms with Crippen molar-refractivity contribution in [2.24, 2.45) is 0 Å². The van der Waals surface area contributed by atoms with Crippen LogP contribution in [0.4, 0.5) is 16.2 Å². The van der Waals surface area contributed by atoms with Crippen LogP contribution in [0, 0.1) is 0 Å². The van der Waals surface area contributed by atoms with Gasteiger partial charge in [-0.15, -0.1) is 10.2 Å². The lowest BCUT2D eigenvalue weighted by Gasteiger charge is -2.31. The summed E-state index contributed by atoms with van der Waals surface area (Å²) in [5, 5.41) is 15.2. The van der Waals surface area contributed by atoms with Gasteiger partial charge in [0.15, 0.2) is 0 Å². The summed E-state index contributed by atoms with van der Waals surface area (Å²) in [6.07, 6.45) is 2.74. The van der Waals surface area contributed by atoms with Gasteiger partial charge in [-0.05, 0) is 61.2 Å². The number of hydrogen-bond acceptors (Lipinski definition) is 6. The highest BCUT2D eigenvalue weighted by Crippen LogP contribution is 2.30. The SMILES string of the molecule is CCc1ccc(NC(=O)N2CCC[C@H](c3nnc(C(=O)Nc4ccc(OC)cc4)s3)C2)cc1. The molecule has 2 N–H and O–H groups in total. The second-order valence-corrected chi connectivity index (χ2v) is 8.90. The molecule has 2 heterocycles. The van der Waals surface area contributed by atoms with E-state index in [4.69, 9.17) is 4.74 Å². The average molecular weight is 466 g/mol. The van der Waals surface area contributed by atoms with E-state index in [2.05, 4.69) is 27.8 Å². The van der Waals surface area contributed by atoms with E-state index in [1.165, 1.54) is 16.9 Å². The molecule has 0 saturated carbocycles. The lowest BCUT2D eigenvalue weighted by Crippen LogP contribution is -2.41. The molecule has 9 heteroatoms. The van der Waals surface area contributed by atoms with Crippen LogP contribution in [0.1, 0.15) is 46.1 Å². The predicted octanol–water partition coefficient (Wildman–Crippen LogP) is 4.77. The standard InChI is InChI=1S/C24H27N5O3S/c1-3-16-6-8-19(9-7-16)26-24(31)29-14-4-5-17(15-29)22-27-28-23(33-22)21(30)25-18-10-12-20(32-2)13-11-18/h6-13,17H,3-5,14-15H2,1-2H3,(H,25,30)(H,26,31)/t17-/m0/s1. The molecule has 0 aliphatic carbocycles. The first-order valence-corrected chi connectivity index (χ1v) is 11.8. The number of nitrogens with one attached hydrogen (secondary N) is 2. The third kappa shape index (κ3) is 5.67. The van der Waals surface area contributed by atoms with Gasteiger partial charge in [-0.1, -0.05) is 30.4 Å². The summed E-state index contributed by atoms with van der Waals surface area (Å²) in [5.74, 6) is 0.479. The Hall–Kier alpha value is -3.46. The van der Waals surface area contributed by atoms with Gasteiger partial charge in [0.1, 0.15) is 10.8 Å². The number of urea groups is 1. The highest BCUT2D eigenvalue weighted by Gasteiger charge is 2.28. The predicted molar refractivity (Wildman–Crippen MR) is 129 cm³/mol. The molecule has 0 radical (unpaired) electrons. The Labute approximate surface area is 197 Å². The van der Waals surface area contributed by atoms with E-state index in [1.807, 2.05) is 24.3 Å². The van der Waals surface area contributed by atoms with Crippen molar-refractivity contribution in [3.05, 3.63) is 64.1 Å². The molecule has 1 atom stereocenters. The first kappa shape index (κ1) is 22.7. The number of rotatable bonds is 6. The Balaban J connectivity index is 1.35. The van der Waals surface area contributed by atoms with Crippen molar-refractivity contribution < 1.29 is 14.3 Å². The van der Waals surface area contributed by atoms with E-state index in [-0.39, 0.29) is 17.9 Å². The average Bonchev–Trinajstić information content (AvgIpc) is 3.36. The van der Waals surface area contributed by atoms with Gasteiger partial charge in [-0.3, -0.25) is 4.79 Å². The summed E-state index contributed by atoms with van der Waals surface area (Å²) < 4.78 is 5.13. The molecule has 3 aromatic rings. The van der Waals surface area contributed by atoms with Crippen LogP contribution in [0.2, 0.25) is 0 Å². The van der Waals surface area contributed by atoms with E-state index in [0.717, 1.165) is 35.7 Å². The number of hydrogen-bond donors (Lipinski definition) is 2. The van der Waals surface area contributed by atoms with Gasteiger partial charge in [0.2, 0.25) is 5.01 Å². The quantitative estimate of drug-likeness (QED) is 0.546. The number of benzene rings is 2. The Bertz CT molecular complexity index is 1100. The minimum Gasteiger partial charge on any atom is -0.497 e. The highest BCUT2D eigenvalue weighted by atomic mass is 32.1. The molecular weight excluding hydrogens is 438 g/mol. The summed E-state index contributed by atoms with van der Waals surface area (Å²) in [5.41, 5.74) is 2.67. The molecule has 1 aromatic heterocycles. The maximum Gasteiger partial charge on any atom is 0.321 e.